The van der Waals surface area contributed by atoms with Crippen molar-refractivity contribution in [3.05, 3.63) is 29.3 Å². The van der Waals surface area contributed by atoms with Crippen LogP contribution in [0.15, 0.2) is 18.2 Å². The lowest BCUT2D eigenvalue weighted by Crippen LogP contribution is -2.34. The van der Waals surface area contributed by atoms with Crippen LogP contribution in [0.2, 0.25) is 0 Å². The van der Waals surface area contributed by atoms with E-state index >= 15 is 0 Å². The monoisotopic (exact) mass is 286 g/mol. The van der Waals surface area contributed by atoms with Crippen LogP contribution in [-0.2, 0) is 10.0 Å². The fraction of sp³-hybridized carbons (Fsp3) is 0.417. The molecule has 0 bridgehead atoms. The van der Waals surface area contributed by atoms with E-state index in [0.717, 1.165) is 5.56 Å². The maximum atomic E-state index is 12.1. The second kappa shape index (κ2) is 4.85. The molecule has 0 aromatic heterocycles. The van der Waals surface area contributed by atoms with Crippen LogP contribution in [0.25, 0.3) is 0 Å². The molecule has 18 heavy (non-hydrogen) atoms. The Kier molecular flexibility index (Phi) is 4.02. The predicted molar refractivity (Wildman–Crippen MR) is 79.4 cm³/mol. The van der Waals surface area contributed by atoms with E-state index < -0.39 is 14.8 Å². The smallest absolute Gasteiger partial charge is 0.237 e. The highest BCUT2D eigenvalue weighted by molar-refractivity contribution is 7.94. The maximum absolute atomic E-state index is 12.1. The third-order valence-electron chi connectivity index (χ3n) is 2.57. The summed E-state index contributed by atoms with van der Waals surface area (Å²) in [6.07, 6.45) is 0. The van der Waals surface area contributed by atoms with Crippen molar-refractivity contribution < 1.29 is 8.42 Å². The van der Waals surface area contributed by atoms with E-state index in [1.165, 1.54) is 0 Å². The fourth-order valence-corrected chi connectivity index (χ4v) is 2.41. The molecule has 0 amide bonds. The van der Waals surface area contributed by atoms with Crippen molar-refractivity contribution in [1.29, 1.82) is 0 Å². The molecule has 0 aliphatic rings. The number of nitrogens with two attached hydrogens (primary N) is 1. The van der Waals surface area contributed by atoms with E-state index in [0.29, 0.717) is 11.3 Å². The number of hydrogen-bond acceptors (Lipinski definition) is 3. The Balaban J connectivity index is 3.30. The van der Waals surface area contributed by atoms with Gasteiger partial charge >= 0.3 is 0 Å². The van der Waals surface area contributed by atoms with Crippen LogP contribution in [0.3, 0.4) is 0 Å². The molecule has 1 aromatic rings. The van der Waals surface area contributed by atoms with Gasteiger partial charge in [0.05, 0.1) is 10.4 Å². The number of sulfonamides is 1. The number of rotatable bonds is 3. The first-order valence-electron chi connectivity index (χ1n) is 5.48. The Morgan fingerprint density at radius 2 is 1.89 bits per heavy atom. The summed E-state index contributed by atoms with van der Waals surface area (Å²) >= 11 is 4.96. The van der Waals surface area contributed by atoms with Gasteiger partial charge in [0.15, 0.2) is 0 Å². The fourth-order valence-electron chi connectivity index (χ4n) is 1.38. The number of benzene rings is 1. The van der Waals surface area contributed by atoms with Crippen LogP contribution in [0.1, 0.15) is 31.9 Å². The van der Waals surface area contributed by atoms with Crippen LogP contribution >= 0.6 is 12.2 Å². The molecule has 0 unspecified atom stereocenters. The van der Waals surface area contributed by atoms with Gasteiger partial charge in [-0.1, -0.05) is 24.4 Å². The van der Waals surface area contributed by atoms with Crippen molar-refractivity contribution in [3.8, 4) is 0 Å². The Hall–Kier alpha value is -1.14. The van der Waals surface area contributed by atoms with E-state index in [4.69, 9.17) is 18.0 Å². The molecule has 0 radical (unpaired) electrons. The summed E-state index contributed by atoms with van der Waals surface area (Å²) in [6, 6.07) is 5.26. The lowest BCUT2D eigenvalue weighted by Gasteiger charge is -2.22. The van der Waals surface area contributed by atoms with E-state index in [1.807, 2.05) is 13.0 Å². The van der Waals surface area contributed by atoms with Gasteiger partial charge in [-0.2, -0.15) is 0 Å². The molecular weight excluding hydrogens is 268 g/mol. The summed E-state index contributed by atoms with van der Waals surface area (Å²) in [6.45, 7) is 6.73. The third-order valence-corrected chi connectivity index (χ3v) is 4.87. The average Bonchev–Trinajstić information content (AvgIpc) is 2.14. The molecule has 1 rings (SSSR count). The molecule has 0 atom stereocenters. The van der Waals surface area contributed by atoms with Gasteiger partial charge < -0.3 is 5.73 Å². The zero-order valence-corrected chi connectivity index (χ0v) is 12.6. The highest BCUT2D eigenvalue weighted by atomic mass is 32.2. The standard InChI is InChI=1S/C12H18N2O2S2/c1-8-6-5-7-9(10(8)11(13)17)14-18(15,16)12(2,3)4/h5-7,14H,1-4H3,(H2,13,17). The molecule has 100 valence electrons. The minimum Gasteiger partial charge on any atom is -0.389 e. The Morgan fingerprint density at radius 1 is 1.33 bits per heavy atom. The molecule has 0 fully saturated rings. The zero-order chi connectivity index (χ0) is 14.1. The Bertz CT molecular complexity index is 572. The minimum absolute atomic E-state index is 0.180. The van der Waals surface area contributed by atoms with Crippen LogP contribution in [-0.4, -0.2) is 18.2 Å². The summed E-state index contributed by atoms with van der Waals surface area (Å²) in [5.41, 5.74) is 7.48. The normalized spacial score (nSPS) is 12.2. The summed E-state index contributed by atoms with van der Waals surface area (Å²) in [4.78, 5) is 0.180. The molecule has 0 spiro atoms. The van der Waals surface area contributed by atoms with Crippen molar-refractivity contribution >= 4 is 32.9 Å². The molecule has 1 aromatic carbocycles. The second-order valence-corrected chi connectivity index (χ2v) is 7.96. The average molecular weight is 286 g/mol. The van der Waals surface area contributed by atoms with Gasteiger partial charge in [-0.15, -0.1) is 0 Å². The van der Waals surface area contributed by atoms with Crippen molar-refractivity contribution in [2.75, 3.05) is 4.72 Å². The quantitative estimate of drug-likeness (QED) is 0.835. The number of anilines is 1. The molecule has 6 heteroatoms. The van der Waals surface area contributed by atoms with Gasteiger partial charge in [0, 0.05) is 5.56 Å². The molecular formula is C12H18N2O2S2. The molecule has 0 heterocycles. The highest BCUT2D eigenvalue weighted by Gasteiger charge is 2.29. The summed E-state index contributed by atoms with van der Waals surface area (Å²) < 4.78 is 25.9. The zero-order valence-electron chi connectivity index (χ0n) is 10.9. The minimum atomic E-state index is -3.49. The Morgan fingerprint density at radius 3 is 2.33 bits per heavy atom. The maximum Gasteiger partial charge on any atom is 0.237 e. The van der Waals surface area contributed by atoms with Crippen LogP contribution < -0.4 is 10.5 Å². The third kappa shape index (κ3) is 3.00. The predicted octanol–water partition coefficient (Wildman–Crippen LogP) is 2.17. The number of aryl methyl sites for hydroxylation is 1. The largest absolute Gasteiger partial charge is 0.389 e. The van der Waals surface area contributed by atoms with E-state index in [-0.39, 0.29) is 4.99 Å². The first kappa shape index (κ1) is 14.9. The molecule has 0 saturated carbocycles. The molecule has 0 aliphatic heterocycles. The first-order valence-corrected chi connectivity index (χ1v) is 7.37. The molecule has 3 N–H and O–H groups in total. The summed E-state index contributed by atoms with van der Waals surface area (Å²) in [5, 5.41) is 0. The lowest BCUT2D eigenvalue weighted by molar-refractivity contribution is 0.566. The van der Waals surface area contributed by atoms with E-state index in [9.17, 15) is 8.42 Å². The SMILES string of the molecule is Cc1cccc(NS(=O)(=O)C(C)(C)C)c1C(N)=S. The summed E-state index contributed by atoms with van der Waals surface area (Å²) in [7, 11) is -3.49. The summed E-state index contributed by atoms with van der Waals surface area (Å²) in [5.74, 6) is 0. The van der Waals surface area contributed by atoms with E-state index in [1.54, 1.807) is 32.9 Å². The van der Waals surface area contributed by atoms with Gasteiger partial charge in [0.2, 0.25) is 10.0 Å². The van der Waals surface area contributed by atoms with Gasteiger partial charge in [-0.3, -0.25) is 4.72 Å². The van der Waals surface area contributed by atoms with Gasteiger partial charge in [-0.25, -0.2) is 8.42 Å². The Labute approximate surface area is 114 Å². The van der Waals surface area contributed by atoms with Crippen molar-refractivity contribution in [2.45, 2.75) is 32.4 Å². The van der Waals surface area contributed by atoms with Crippen molar-refractivity contribution in [3.63, 3.8) is 0 Å². The highest BCUT2D eigenvalue weighted by Crippen LogP contribution is 2.24. The van der Waals surface area contributed by atoms with Gasteiger partial charge in [0.1, 0.15) is 4.99 Å². The molecule has 0 saturated heterocycles. The number of hydrogen-bond donors (Lipinski definition) is 2. The number of nitrogens with one attached hydrogen (secondary N) is 1. The number of thiocarbonyl (C=S) groups is 1. The van der Waals surface area contributed by atoms with Crippen LogP contribution in [0.4, 0.5) is 5.69 Å². The van der Waals surface area contributed by atoms with Crippen LogP contribution in [0.5, 0.6) is 0 Å². The molecule has 0 aliphatic carbocycles. The van der Waals surface area contributed by atoms with E-state index in [2.05, 4.69) is 4.72 Å². The lowest BCUT2D eigenvalue weighted by atomic mass is 10.1. The van der Waals surface area contributed by atoms with Crippen molar-refractivity contribution in [2.24, 2.45) is 5.73 Å². The van der Waals surface area contributed by atoms with Crippen LogP contribution in [0, 0.1) is 6.92 Å². The van der Waals surface area contributed by atoms with Crippen molar-refractivity contribution in [1.82, 2.24) is 0 Å². The van der Waals surface area contributed by atoms with Gasteiger partial charge in [0.25, 0.3) is 0 Å². The topological polar surface area (TPSA) is 72.2 Å². The molecule has 4 nitrogen and oxygen atoms in total. The second-order valence-electron chi connectivity index (χ2n) is 5.08. The van der Waals surface area contributed by atoms with Gasteiger partial charge in [-0.05, 0) is 39.3 Å². The first-order chi connectivity index (χ1) is 8.06.